The fraction of sp³-hybridized carbons (Fsp3) is 0.240. The van der Waals surface area contributed by atoms with Gasteiger partial charge in [0.25, 0.3) is 11.6 Å². The first kappa shape index (κ1) is 23.2. The number of piperazine rings is 1. The van der Waals surface area contributed by atoms with Gasteiger partial charge in [0.1, 0.15) is 17.3 Å². The van der Waals surface area contributed by atoms with Crippen LogP contribution in [-0.2, 0) is 0 Å². The molecule has 1 saturated heterocycles. The first-order chi connectivity index (χ1) is 16.2. The Balaban J connectivity index is 1.54. The molecule has 3 aromatic rings. The molecule has 1 N–H and O–H groups in total. The fourth-order valence-corrected chi connectivity index (χ4v) is 4.27. The minimum absolute atomic E-state index is 0.0200. The smallest absolute Gasteiger partial charge is 0.293 e. The summed E-state index contributed by atoms with van der Waals surface area (Å²) in [6.45, 7) is 5.95. The summed E-state index contributed by atoms with van der Waals surface area (Å²) in [5.41, 5.74) is 2.45. The van der Waals surface area contributed by atoms with E-state index in [0.717, 1.165) is 23.4 Å². The number of nitro groups is 1. The Bertz CT molecular complexity index is 1230. The van der Waals surface area contributed by atoms with Gasteiger partial charge in [-0.1, -0.05) is 12.1 Å². The number of anilines is 3. The van der Waals surface area contributed by atoms with Gasteiger partial charge in [-0.2, -0.15) is 0 Å². The molecule has 1 atom stereocenters. The van der Waals surface area contributed by atoms with Gasteiger partial charge in [-0.25, -0.2) is 8.78 Å². The number of nitro benzene ring substituents is 1. The van der Waals surface area contributed by atoms with Crippen LogP contribution >= 0.6 is 0 Å². The van der Waals surface area contributed by atoms with Gasteiger partial charge in [0.05, 0.1) is 4.92 Å². The van der Waals surface area contributed by atoms with Crippen molar-refractivity contribution in [1.29, 1.82) is 0 Å². The number of rotatable bonds is 5. The third kappa shape index (κ3) is 4.98. The van der Waals surface area contributed by atoms with Crippen LogP contribution < -0.4 is 15.1 Å². The van der Waals surface area contributed by atoms with Crippen molar-refractivity contribution in [3.8, 4) is 0 Å². The first-order valence-corrected chi connectivity index (χ1v) is 10.9. The molecule has 1 amide bonds. The second kappa shape index (κ2) is 9.46. The fourth-order valence-electron chi connectivity index (χ4n) is 4.27. The standard InChI is InChI=1S/C25H24F2N4O3/c1-16-4-3-5-22(10-16)30-9-8-29(15-17(30)2)23-7-6-18(11-24(23)31(33)34)25(32)28-21-13-19(26)12-20(27)14-21/h3-7,10-14,17H,8-9,15H2,1-2H3,(H,28,32)/t17-/m0/s1. The molecule has 176 valence electrons. The maximum absolute atomic E-state index is 13.4. The van der Waals surface area contributed by atoms with Gasteiger partial charge in [-0.15, -0.1) is 0 Å². The van der Waals surface area contributed by atoms with Crippen LogP contribution in [-0.4, -0.2) is 36.5 Å². The molecular formula is C25H24F2N4O3. The third-order valence-electron chi connectivity index (χ3n) is 5.86. The number of aryl methyl sites for hydroxylation is 1. The van der Waals surface area contributed by atoms with E-state index < -0.39 is 22.5 Å². The van der Waals surface area contributed by atoms with Gasteiger partial charge in [0.2, 0.25) is 0 Å². The summed E-state index contributed by atoms with van der Waals surface area (Å²) < 4.78 is 26.8. The van der Waals surface area contributed by atoms with Crippen LogP contribution in [0.5, 0.6) is 0 Å². The zero-order chi connectivity index (χ0) is 24.4. The Morgan fingerprint density at radius 2 is 1.79 bits per heavy atom. The highest BCUT2D eigenvalue weighted by Crippen LogP contribution is 2.32. The molecule has 4 rings (SSSR count). The zero-order valence-corrected chi connectivity index (χ0v) is 18.8. The Kier molecular flexibility index (Phi) is 6.45. The Hall–Kier alpha value is -4.01. The van der Waals surface area contributed by atoms with Crippen molar-refractivity contribution in [3.05, 3.63) is 93.5 Å². The lowest BCUT2D eigenvalue weighted by atomic mass is 10.1. The van der Waals surface area contributed by atoms with E-state index in [0.29, 0.717) is 31.4 Å². The SMILES string of the molecule is Cc1cccc(N2CCN(c3ccc(C(=O)Nc4cc(F)cc(F)c4)cc3[N+](=O)[O-])C[C@@H]2C)c1. The van der Waals surface area contributed by atoms with E-state index in [1.165, 1.54) is 12.1 Å². The van der Waals surface area contributed by atoms with Crippen LogP contribution in [0.2, 0.25) is 0 Å². The summed E-state index contributed by atoms with van der Waals surface area (Å²) >= 11 is 0. The van der Waals surface area contributed by atoms with Gasteiger partial charge in [-0.3, -0.25) is 14.9 Å². The monoisotopic (exact) mass is 466 g/mol. The second-order valence-electron chi connectivity index (χ2n) is 8.40. The Labute approximate surface area is 195 Å². The molecule has 0 radical (unpaired) electrons. The summed E-state index contributed by atoms with van der Waals surface area (Å²) in [5, 5.41) is 14.2. The van der Waals surface area contributed by atoms with E-state index in [1.807, 2.05) is 24.0 Å². The summed E-state index contributed by atoms with van der Waals surface area (Å²) in [4.78, 5) is 28.1. The molecule has 9 heteroatoms. The molecule has 0 aliphatic carbocycles. The highest BCUT2D eigenvalue weighted by molar-refractivity contribution is 6.05. The van der Waals surface area contributed by atoms with Crippen LogP contribution in [0.15, 0.2) is 60.7 Å². The van der Waals surface area contributed by atoms with Gasteiger partial charge < -0.3 is 15.1 Å². The second-order valence-corrected chi connectivity index (χ2v) is 8.40. The maximum Gasteiger partial charge on any atom is 0.293 e. The highest BCUT2D eigenvalue weighted by Gasteiger charge is 2.29. The minimum Gasteiger partial charge on any atom is -0.365 e. The van der Waals surface area contributed by atoms with Crippen molar-refractivity contribution in [2.24, 2.45) is 0 Å². The predicted molar refractivity (Wildman–Crippen MR) is 128 cm³/mol. The number of nitrogens with one attached hydrogen (secondary N) is 1. The highest BCUT2D eigenvalue weighted by atomic mass is 19.1. The van der Waals surface area contributed by atoms with Crippen LogP contribution in [0.4, 0.5) is 31.5 Å². The molecule has 34 heavy (non-hydrogen) atoms. The molecule has 3 aromatic carbocycles. The Morgan fingerprint density at radius 1 is 1.06 bits per heavy atom. The molecule has 0 bridgehead atoms. The molecule has 7 nitrogen and oxygen atoms in total. The van der Waals surface area contributed by atoms with Crippen molar-refractivity contribution < 1.29 is 18.5 Å². The average Bonchev–Trinajstić information content (AvgIpc) is 2.77. The van der Waals surface area contributed by atoms with Crippen molar-refractivity contribution in [2.45, 2.75) is 19.9 Å². The van der Waals surface area contributed by atoms with Gasteiger partial charge in [0.15, 0.2) is 0 Å². The molecule has 0 spiro atoms. The molecule has 1 heterocycles. The number of nitrogens with zero attached hydrogens (tertiary/aromatic N) is 3. The van der Waals surface area contributed by atoms with Crippen molar-refractivity contribution in [3.63, 3.8) is 0 Å². The van der Waals surface area contributed by atoms with Crippen molar-refractivity contribution in [1.82, 2.24) is 0 Å². The van der Waals surface area contributed by atoms with Crippen molar-refractivity contribution in [2.75, 3.05) is 34.8 Å². The number of benzene rings is 3. The first-order valence-electron chi connectivity index (χ1n) is 10.9. The van der Waals surface area contributed by atoms with Crippen LogP contribution in [0, 0.1) is 28.7 Å². The van der Waals surface area contributed by atoms with Gasteiger partial charge in [-0.05, 0) is 55.8 Å². The molecule has 0 saturated carbocycles. The lowest BCUT2D eigenvalue weighted by Crippen LogP contribution is -2.52. The molecule has 1 fully saturated rings. The largest absolute Gasteiger partial charge is 0.365 e. The van der Waals surface area contributed by atoms with Crippen LogP contribution in [0.25, 0.3) is 0 Å². The summed E-state index contributed by atoms with van der Waals surface area (Å²) in [5.74, 6) is -2.37. The van der Waals surface area contributed by atoms with Crippen LogP contribution in [0.1, 0.15) is 22.8 Å². The summed E-state index contributed by atoms with van der Waals surface area (Å²) in [6.07, 6.45) is 0. The number of hydrogen-bond acceptors (Lipinski definition) is 5. The molecular weight excluding hydrogens is 442 g/mol. The number of halogens is 2. The molecule has 1 aliphatic heterocycles. The van der Waals surface area contributed by atoms with E-state index in [2.05, 4.69) is 29.3 Å². The summed E-state index contributed by atoms with van der Waals surface area (Å²) in [7, 11) is 0. The lowest BCUT2D eigenvalue weighted by Gasteiger charge is -2.42. The minimum atomic E-state index is -0.837. The van der Waals surface area contributed by atoms with E-state index in [1.54, 1.807) is 6.07 Å². The number of carbonyl (C=O) groups is 1. The topological polar surface area (TPSA) is 78.7 Å². The predicted octanol–water partition coefficient (Wildman–Crippen LogP) is 5.15. The molecule has 1 aliphatic rings. The van der Waals surface area contributed by atoms with Crippen molar-refractivity contribution >= 4 is 28.7 Å². The third-order valence-corrected chi connectivity index (χ3v) is 5.86. The quantitative estimate of drug-likeness (QED) is 0.416. The number of hydrogen-bond donors (Lipinski definition) is 1. The van der Waals surface area contributed by atoms with E-state index >= 15 is 0 Å². The lowest BCUT2D eigenvalue weighted by molar-refractivity contribution is -0.384. The summed E-state index contributed by atoms with van der Waals surface area (Å²) in [6, 6.07) is 15.2. The van der Waals surface area contributed by atoms with E-state index in [4.69, 9.17) is 0 Å². The normalized spacial score (nSPS) is 15.8. The number of carbonyl (C=O) groups excluding carboxylic acids is 1. The van der Waals surface area contributed by atoms with Gasteiger partial charge >= 0.3 is 0 Å². The van der Waals surface area contributed by atoms with Crippen LogP contribution in [0.3, 0.4) is 0 Å². The average molecular weight is 466 g/mol. The zero-order valence-electron chi connectivity index (χ0n) is 18.8. The van der Waals surface area contributed by atoms with E-state index in [-0.39, 0.29) is 23.0 Å². The maximum atomic E-state index is 13.4. The van der Waals surface area contributed by atoms with Gasteiger partial charge in [0, 0.05) is 54.7 Å². The van der Waals surface area contributed by atoms with E-state index in [9.17, 15) is 23.7 Å². The number of amides is 1. The molecule has 0 aromatic heterocycles. The molecule has 0 unspecified atom stereocenters. The Morgan fingerprint density at radius 3 is 2.44 bits per heavy atom.